The molecule has 4 nitrogen and oxygen atoms in total. The molecule has 72 valence electrons. The SMILES string of the molecule is COc1cc(C#N)c(C)cc1C(N)=O. The first-order valence-electron chi connectivity index (χ1n) is 3.98. The van der Waals surface area contributed by atoms with Crippen molar-refractivity contribution in [3.05, 3.63) is 28.8 Å². The van der Waals surface area contributed by atoms with E-state index < -0.39 is 5.91 Å². The molecular weight excluding hydrogens is 180 g/mol. The Kier molecular flexibility index (Phi) is 2.73. The second kappa shape index (κ2) is 3.79. The van der Waals surface area contributed by atoms with Crippen molar-refractivity contribution in [2.75, 3.05) is 7.11 Å². The third kappa shape index (κ3) is 1.67. The van der Waals surface area contributed by atoms with Gasteiger partial charge in [0, 0.05) is 0 Å². The highest BCUT2D eigenvalue weighted by Crippen LogP contribution is 2.22. The van der Waals surface area contributed by atoms with Crippen LogP contribution >= 0.6 is 0 Å². The number of rotatable bonds is 2. The van der Waals surface area contributed by atoms with Crippen LogP contribution < -0.4 is 10.5 Å². The molecule has 0 aliphatic carbocycles. The topological polar surface area (TPSA) is 76.1 Å². The third-order valence-corrected chi connectivity index (χ3v) is 1.93. The normalized spacial score (nSPS) is 9.21. The highest BCUT2D eigenvalue weighted by molar-refractivity contribution is 5.96. The van der Waals surface area contributed by atoms with Crippen molar-refractivity contribution >= 4 is 5.91 Å². The van der Waals surface area contributed by atoms with Gasteiger partial charge in [0.05, 0.1) is 24.3 Å². The molecule has 0 saturated carbocycles. The van der Waals surface area contributed by atoms with Crippen LogP contribution in [-0.2, 0) is 0 Å². The monoisotopic (exact) mass is 190 g/mol. The molecule has 0 radical (unpaired) electrons. The number of ether oxygens (including phenoxy) is 1. The summed E-state index contributed by atoms with van der Waals surface area (Å²) in [5, 5.41) is 8.75. The van der Waals surface area contributed by atoms with Crippen LogP contribution in [0.4, 0.5) is 0 Å². The van der Waals surface area contributed by atoms with Crippen molar-refractivity contribution in [2.24, 2.45) is 5.73 Å². The molecular formula is C10H10N2O2. The molecule has 0 spiro atoms. The van der Waals surface area contributed by atoms with E-state index in [9.17, 15) is 4.79 Å². The molecule has 0 aromatic heterocycles. The molecule has 1 aromatic carbocycles. The largest absolute Gasteiger partial charge is 0.496 e. The second-order valence-corrected chi connectivity index (χ2v) is 2.84. The van der Waals surface area contributed by atoms with Crippen molar-refractivity contribution in [3.63, 3.8) is 0 Å². The first kappa shape index (κ1) is 10.1. The van der Waals surface area contributed by atoms with Gasteiger partial charge >= 0.3 is 0 Å². The fourth-order valence-electron chi connectivity index (χ4n) is 1.17. The Bertz CT molecular complexity index is 419. The summed E-state index contributed by atoms with van der Waals surface area (Å²) in [7, 11) is 1.43. The average molecular weight is 190 g/mol. The lowest BCUT2D eigenvalue weighted by Gasteiger charge is -2.07. The van der Waals surface area contributed by atoms with Gasteiger partial charge in [-0.3, -0.25) is 4.79 Å². The third-order valence-electron chi connectivity index (χ3n) is 1.93. The number of methoxy groups -OCH3 is 1. The number of primary amides is 1. The van der Waals surface area contributed by atoms with E-state index in [1.165, 1.54) is 13.2 Å². The average Bonchev–Trinajstić information content (AvgIpc) is 2.17. The fraction of sp³-hybridized carbons (Fsp3) is 0.200. The second-order valence-electron chi connectivity index (χ2n) is 2.84. The van der Waals surface area contributed by atoms with Gasteiger partial charge in [-0.25, -0.2) is 0 Å². The Morgan fingerprint density at radius 3 is 2.64 bits per heavy atom. The van der Waals surface area contributed by atoms with Crippen LogP contribution in [-0.4, -0.2) is 13.0 Å². The molecule has 0 bridgehead atoms. The minimum absolute atomic E-state index is 0.295. The number of nitrogens with zero attached hydrogens (tertiary/aromatic N) is 1. The van der Waals surface area contributed by atoms with E-state index in [0.29, 0.717) is 22.4 Å². The van der Waals surface area contributed by atoms with Crippen LogP contribution in [0.3, 0.4) is 0 Å². The summed E-state index contributed by atoms with van der Waals surface area (Å²) in [4.78, 5) is 11.0. The number of amides is 1. The maximum Gasteiger partial charge on any atom is 0.252 e. The van der Waals surface area contributed by atoms with Crippen molar-refractivity contribution in [3.8, 4) is 11.8 Å². The molecule has 0 fully saturated rings. The summed E-state index contributed by atoms with van der Waals surface area (Å²) < 4.78 is 4.95. The number of carbonyl (C=O) groups is 1. The van der Waals surface area contributed by atoms with E-state index in [0.717, 1.165) is 0 Å². The number of nitriles is 1. The van der Waals surface area contributed by atoms with Gasteiger partial charge in [0.25, 0.3) is 5.91 Å². The molecule has 0 saturated heterocycles. The lowest BCUT2D eigenvalue weighted by atomic mass is 10.0. The van der Waals surface area contributed by atoms with E-state index in [4.69, 9.17) is 15.7 Å². The highest BCUT2D eigenvalue weighted by Gasteiger charge is 2.11. The number of hydrogen-bond acceptors (Lipinski definition) is 3. The van der Waals surface area contributed by atoms with Gasteiger partial charge in [0.1, 0.15) is 5.75 Å². The smallest absolute Gasteiger partial charge is 0.252 e. The van der Waals surface area contributed by atoms with Crippen LogP contribution in [0.2, 0.25) is 0 Å². The lowest BCUT2D eigenvalue weighted by molar-refractivity contribution is 0.0997. The van der Waals surface area contributed by atoms with E-state index in [1.807, 2.05) is 6.07 Å². The highest BCUT2D eigenvalue weighted by atomic mass is 16.5. The van der Waals surface area contributed by atoms with E-state index in [1.54, 1.807) is 13.0 Å². The molecule has 0 atom stereocenters. The zero-order valence-corrected chi connectivity index (χ0v) is 8.00. The van der Waals surface area contributed by atoms with Gasteiger partial charge in [-0.2, -0.15) is 5.26 Å². The molecule has 0 unspecified atom stereocenters. The Morgan fingerprint density at radius 2 is 2.21 bits per heavy atom. The van der Waals surface area contributed by atoms with Crippen molar-refractivity contribution in [1.82, 2.24) is 0 Å². The van der Waals surface area contributed by atoms with Gasteiger partial charge < -0.3 is 10.5 Å². The fourth-order valence-corrected chi connectivity index (χ4v) is 1.17. The lowest BCUT2D eigenvalue weighted by Crippen LogP contribution is -2.13. The number of hydrogen-bond donors (Lipinski definition) is 1. The summed E-state index contributed by atoms with van der Waals surface area (Å²) in [6.45, 7) is 1.74. The Balaban J connectivity index is 3.41. The Hall–Kier alpha value is -2.02. The zero-order valence-electron chi connectivity index (χ0n) is 8.00. The standard InChI is InChI=1S/C10H10N2O2/c1-6-3-8(10(12)13)9(14-2)4-7(6)5-11/h3-4H,1-2H3,(H2,12,13). The van der Waals surface area contributed by atoms with Gasteiger partial charge in [-0.05, 0) is 24.6 Å². The van der Waals surface area contributed by atoms with E-state index in [2.05, 4.69) is 0 Å². The van der Waals surface area contributed by atoms with Gasteiger partial charge in [0.2, 0.25) is 0 Å². The maximum absolute atomic E-state index is 11.0. The number of aryl methyl sites for hydroxylation is 1. The molecule has 1 aromatic rings. The molecule has 14 heavy (non-hydrogen) atoms. The van der Waals surface area contributed by atoms with Crippen LogP contribution in [0, 0.1) is 18.3 Å². The molecule has 0 aliphatic heterocycles. The predicted molar refractivity (Wildman–Crippen MR) is 51.0 cm³/mol. The van der Waals surface area contributed by atoms with Gasteiger partial charge in [-0.15, -0.1) is 0 Å². The Morgan fingerprint density at radius 1 is 1.57 bits per heavy atom. The molecule has 1 rings (SSSR count). The number of nitrogens with two attached hydrogens (primary N) is 1. The first-order valence-corrected chi connectivity index (χ1v) is 3.98. The van der Waals surface area contributed by atoms with Gasteiger partial charge in [-0.1, -0.05) is 0 Å². The quantitative estimate of drug-likeness (QED) is 0.755. The zero-order chi connectivity index (χ0) is 10.7. The van der Waals surface area contributed by atoms with Crippen LogP contribution in [0.25, 0.3) is 0 Å². The van der Waals surface area contributed by atoms with E-state index in [-0.39, 0.29) is 0 Å². The summed E-state index contributed by atoms with van der Waals surface area (Å²) >= 11 is 0. The first-order chi connectivity index (χ1) is 6.60. The summed E-state index contributed by atoms with van der Waals surface area (Å²) in [5.41, 5.74) is 6.63. The van der Waals surface area contributed by atoms with Crippen molar-refractivity contribution < 1.29 is 9.53 Å². The maximum atomic E-state index is 11.0. The molecule has 0 aliphatic rings. The van der Waals surface area contributed by atoms with Crippen molar-refractivity contribution in [1.29, 1.82) is 5.26 Å². The number of benzene rings is 1. The minimum atomic E-state index is -0.561. The molecule has 2 N–H and O–H groups in total. The van der Waals surface area contributed by atoms with Gasteiger partial charge in [0.15, 0.2) is 0 Å². The Labute approximate surface area is 81.9 Å². The van der Waals surface area contributed by atoms with Crippen LogP contribution in [0.1, 0.15) is 21.5 Å². The molecule has 4 heteroatoms. The molecule has 0 heterocycles. The van der Waals surface area contributed by atoms with E-state index >= 15 is 0 Å². The van der Waals surface area contributed by atoms with Crippen LogP contribution in [0.5, 0.6) is 5.75 Å². The van der Waals surface area contributed by atoms with Crippen LogP contribution in [0.15, 0.2) is 12.1 Å². The number of carbonyl (C=O) groups excluding carboxylic acids is 1. The summed E-state index contributed by atoms with van der Waals surface area (Å²) in [6.07, 6.45) is 0. The van der Waals surface area contributed by atoms with Crippen molar-refractivity contribution in [2.45, 2.75) is 6.92 Å². The predicted octanol–water partition coefficient (Wildman–Crippen LogP) is 0.974. The summed E-state index contributed by atoms with van der Waals surface area (Å²) in [5.74, 6) is -0.228. The minimum Gasteiger partial charge on any atom is -0.496 e. The molecule has 1 amide bonds. The summed E-state index contributed by atoms with van der Waals surface area (Å²) in [6, 6.07) is 5.07.